The normalized spacial score (nSPS) is 10.8. The van der Waals surface area contributed by atoms with Crippen molar-refractivity contribution in [2.45, 2.75) is 27.3 Å². The second-order valence-corrected chi connectivity index (χ2v) is 7.40. The lowest BCUT2D eigenvalue weighted by molar-refractivity contribution is -0.116. The topological polar surface area (TPSA) is 82.2 Å². The van der Waals surface area contributed by atoms with Gasteiger partial charge in [-0.2, -0.15) is 0 Å². The minimum Gasteiger partial charge on any atom is -0.495 e. The highest BCUT2D eigenvalue weighted by Crippen LogP contribution is 2.29. The minimum absolute atomic E-state index is 0.146. The Morgan fingerprint density at radius 1 is 1.03 bits per heavy atom. The molecule has 31 heavy (non-hydrogen) atoms. The quantitative estimate of drug-likeness (QED) is 0.489. The fraction of sp³-hybridized carbons (Fsp3) is 0.208. The van der Waals surface area contributed by atoms with Gasteiger partial charge in [-0.15, -0.1) is 10.2 Å². The summed E-state index contributed by atoms with van der Waals surface area (Å²) >= 11 is 0. The Labute approximate surface area is 180 Å². The first kappa shape index (κ1) is 20.4. The summed E-state index contributed by atoms with van der Waals surface area (Å²) in [5, 5.41) is 11.3. The molecule has 0 spiro atoms. The van der Waals surface area contributed by atoms with Crippen LogP contribution in [0, 0.1) is 20.8 Å². The van der Waals surface area contributed by atoms with Crippen LogP contribution >= 0.6 is 0 Å². The minimum atomic E-state index is -0.146. The Morgan fingerprint density at radius 2 is 1.77 bits per heavy atom. The van der Waals surface area contributed by atoms with Gasteiger partial charge in [0.25, 0.3) is 0 Å². The molecule has 0 aliphatic rings. The van der Waals surface area contributed by atoms with E-state index in [9.17, 15) is 4.79 Å². The summed E-state index contributed by atoms with van der Waals surface area (Å²) in [6.45, 7) is 6.02. The molecular formula is C24H24N4O3. The van der Waals surface area contributed by atoms with E-state index in [1.54, 1.807) is 7.11 Å². The molecule has 1 amide bonds. The number of nitrogens with one attached hydrogen (secondary N) is 1. The molecule has 0 atom stereocenters. The Bertz CT molecular complexity index is 1230. The number of anilines is 1. The SMILES string of the molecule is COc1ccc(C)cc1NC(=O)Cn1c(C)cc(-c2nnc(-c3ccccc3)o2)c1C. The molecule has 158 valence electrons. The highest BCUT2D eigenvalue weighted by Gasteiger charge is 2.19. The molecule has 4 aromatic rings. The van der Waals surface area contributed by atoms with E-state index in [-0.39, 0.29) is 12.5 Å². The number of ether oxygens (including phenoxy) is 1. The van der Waals surface area contributed by atoms with Crippen molar-refractivity contribution >= 4 is 11.6 Å². The summed E-state index contributed by atoms with van der Waals surface area (Å²) < 4.78 is 13.2. The average Bonchev–Trinajstić information content (AvgIpc) is 3.35. The fourth-order valence-corrected chi connectivity index (χ4v) is 3.54. The van der Waals surface area contributed by atoms with E-state index in [0.29, 0.717) is 23.2 Å². The number of carbonyl (C=O) groups is 1. The summed E-state index contributed by atoms with van der Waals surface area (Å²) in [5.74, 6) is 1.37. The summed E-state index contributed by atoms with van der Waals surface area (Å²) in [6, 6.07) is 17.3. The molecule has 4 rings (SSSR count). The molecule has 7 nitrogen and oxygen atoms in total. The number of methoxy groups -OCH3 is 1. The third kappa shape index (κ3) is 4.21. The van der Waals surface area contributed by atoms with Crippen molar-refractivity contribution in [1.29, 1.82) is 0 Å². The molecule has 0 unspecified atom stereocenters. The van der Waals surface area contributed by atoms with Gasteiger partial charge >= 0.3 is 0 Å². The predicted octanol–water partition coefficient (Wildman–Crippen LogP) is 4.78. The summed E-state index contributed by atoms with van der Waals surface area (Å²) in [5.41, 5.74) is 5.18. The van der Waals surface area contributed by atoms with Crippen molar-refractivity contribution in [1.82, 2.24) is 14.8 Å². The van der Waals surface area contributed by atoms with Gasteiger partial charge in [0.05, 0.1) is 18.4 Å². The molecule has 1 N–H and O–H groups in total. The summed E-state index contributed by atoms with van der Waals surface area (Å²) in [4.78, 5) is 12.8. The standard InChI is InChI=1S/C24H24N4O3/c1-15-10-11-21(30-4)20(12-15)25-22(29)14-28-16(2)13-19(17(28)3)24-27-26-23(31-24)18-8-6-5-7-9-18/h5-13H,14H2,1-4H3,(H,25,29). The maximum absolute atomic E-state index is 12.8. The van der Waals surface area contributed by atoms with E-state index in [2.05, 4.69) is 15.5 Å². The van der Waals surface area contributed by atoms with Crippen LogP contribution in [0.15, 0.2) is 59.0 Å². The molecule has 0 fully saturated rings. The molecule has 2 heterocycles. The zero-order valence-corrected chi connectivity index (χ0v) is 18.0. The van der Waals surface area contributed by atoms with E-state index in [1.807, 2.05) is 79.9 Å². The largest absolute Gasteiger partial charge is 0.495 e. The van der Waals surface area contributed by atoms with Crippen LogP contribution in [-0.4, -0.2) is 27.8 Å². The molecular weight excluding hydrogens is 392 g/mol. The van der Waals surface area contributed by atoms with Crippen molar-refractivity contribution in [3.05, 3.63) is 71.5 Å². The van der Waals surface area contributed by atoms with Crippen LogP contribution in [0.1, 0.15) is 17.0 Å². The number of hydrogen-bond acceptors (Lipinski definition) is 5. The van der Waals surface area contributed by atoms with E-state index in [1.165, 1.54) is 0 Å². The lowest BCUT2D eigenvalue weighted by atomic mass is 10.2. The Morgan fingerprint density at radius 3 is 2.52 bits per heavy atom. The zero-order valence-electron chi connectivity index (χ0n) is 18.0. The van der Waals surface area contributed by atoms with Crippen LogP contribution < -0.4 is 10.1 Å². The molecule has 7 heteroatoms. The van der Waals surface area contributed by atoms with Crippen LogP contribution in [0.25, 0.3) is 22.9 Å². The first-order chi connectivity index (χ1) is 15.0. The van der Waals surface area contributed by atoms with Crippen molar-refractivity contribution in [3.8, 4) is 28.7 Å². The number of nitrogens with zero attached hydrogens (tertiary/aromatic N) is 3. The Balaban J connectivity index is 1.56. The second kappa shape index (κ2) is 8.47. The fourth-order valence-electron chi connectivity index (χ4n) is 3.54. The molecule has 2 aromatic heterocycles. The number of amides is 1. The van der Waals surface area contributed by atoms with Gasteiger partial charge in [0.15, 0.2) is 0 Å². The smallest absolute Gasteiger partial charge is 0.249 e. The Hall–Kier alpha value is -3.87. The molecule has 0 saturated carbocycles. The van der Waals surface area contributed by atoms with Crippen molar-refractivity contribution < 1.29 is 13.9 Å². The number of carbonyl (C=O) groups excluding carboxylic acids is 1. The summed E-state index contributed by atoms with van der Waals surface area (Å²) in [6.07, 6.45) is 0. The first-order valence-corrected chi connectivity index (χ1v) is 9.97. The maximum atomic E-state index is 12.8. The lowest BCUT2D eigenvalue weighted by Gasteiger charge is -2.13. The van der Waals surface area contributed by atoms with Crippen LogP contribution in [0.4, 0.5) is 5.69 Å². The van der Waals surface area contributed by atoms with Gasteiger partial charge < -0.3 is 19.0 Å². The molecule has 0 saturated heterocycles. The number of aryl methyl sites for hydroxylation is 2. The average molecular weight is 416 g/mol. The van der Waals surface area contributed by atoms with Crippen molar-refractivity contribution in [2.24, 2.45) is 0 Å². The highest BCUT2D eigenvalue weighted by molar-refractivity contribution is 5.92. The van der Waals surface area contributed by atoms with Gasteiger partial charge in [-0.3, -0.25) is 4.79 Å². The van der Waals surface area contributed by atoms with Crippen molar-refractivity contribution in [2.75, 3.05) is 12.4 Å². The van der Waals surface area contributed by atoms with Gasteiger partial charge in [-0.25, -0.2) is 0 Å². The maximum Gasteiger partial charge on any atom is 0.249 e. The van der Waals surface area contributed by atoms with E-state index >= 15 is 0 Å². The molecule has 0 aliphatic heterocycles. The zero-order chi connectivity index (χ0) is 22.0. The lowest BCUT2D eigenvalue weighted by Crippen LogP contribution is -2.20. The number of rotatable bonds is 6. The van der Waals surface area contributed by atoms with Crippen LogP contribution in [0.3, 0.4) is 0 Å². The van der Waals surface area contributed by atoms with Crippen LogP contribution in [-0.2, 0) is 11.3 Å². The number of benzene rings is 2. The van der Waals surface area contributed by atoms with Gasteiger partial charge in [0.1, 0.15) is 12.3 Å². The Kier molecular flexibility index (Phi) is 5.58. The van der Waals surface area contributed by atoms with E-state index in [0.717, 1.165) is 28.1 Å². The third-order valence-electron chi connectivity index (χ3n) is 5.18. The summed E-state index contributed by atoms with van der Waals surface area (Å²) in [7, 11) is 1.58. The van der Waals surface area contributed by atoms with Gasteiger partial charge in [0.2, 0.25) is 17.7 Å². The third-order valence-corrected chi connectivity index (χ3v) is 5.18. The second-order valence-electron chi connectivity index (χ2n) is 7.40. The van der Waals surface area contributed by atoms with Crippen molar-refractivity contribution in [3.63, 3.8) is 0 Å². The molecule has 2 aromatic carbocycles. The predicted molar refractivity (Wildman–Crippen MR) is 119 cm³/mol. The highest BCUT2D eigenvalue weighted by atomic mass is 16.5. The van der Waals surface area contributed by atoms with Gasteiger partial charge in [-0.05, 0) is 56.7 Å². The number of hydrogen-bond donors (Lipinski definition) is 1. The van der Waals surface area contributed by atoms with Crippen LogP contribution in [0.5, 0.6) is 5.75 Å². The van der Waals surface area contributed by atoms with Crippen LogP contribution in [0.2, 0.25) is 0 Å². The molecule has 0 bridgehead atoms. The first-order valence-electron chi connectivity index (χ1n) is 9.97. The van der Waals surface area contributed by atoms with E-state index in [4.69, 9.17) is 9.15 Å². The molecule has 0 radical (unpaired) electrons. The molecule has 0 aliphatic carbocycles. The number of aromatic nitrogens is 3. The monoisotopic (exact) mass is 416 g/mol. The van der Waals surface area contributed by atoms with Gasteiger partial charge in [0, 0.05) is 17.0 Å². The van der Waals surface area contributed by atoms with E-state index < -0.39 is 0 Å². The van der Waals surface area contributed by atoms with Gasteiger partial charge in [-0.1, -0.05) is 24.3 Å².